The maximum absolute atomic E-state index is 12.5. The maximum atomic E-state index is 12.5. The molecule has 1 aromatic heterocycles. The van der Waals surface area contributed by atoms with Crippen LogP contribution < -0.4 is 14.8 Å². The van der Waals surface area contributed by atoms with Crippen LogP contribution in [0.3, 0.4) is 0 Å². The maximum Gasteiger partial charge on any atom is 0.261 e. The quantitative estimate of drug-likeness (QED) is 0.673. The van der Waals surface area contributed by atoms with Crippen molar-refractivity contribution < 1.29 is 22.5 Å². The molecule has 0 spiro atoms. The second kappa shape index (κ2) is 7.50. The molecule has 3 aromatic rings. The molecule has 0 unspecified atom stereocenters. The summed E-state index contributed by atoms with van der Waals surface area (Å²) in [6, 6.07) is 13.6. The summed E-state index contributed by atoms with van der Waals surface area (Å²) >= 11 is 0. The lowest BCUT2D eigenvalue weighted by atomic mass is 10.2. The third kappa shape index (κ3) is 4.45. The molecule has 0 aliphatic rings. The Morgan fingerprint density at radius 3 is 2.30 bits per heavy atom. The van der Waals surface area contributed by atoms with Gasteiger partial charge in [0.1, 0.15) is 11.5 Å². The van der Waals surface area contributed by atoms with Crippen molar-refractivity contribution in [2.75, 3.05) is 17.1 Å². The predicted octanol–water partition coefficient (Wildman–Crippen LogP) is 3.04. The lowest BCUT2D eigenvalue weighted by Crippen LogP contribution is -2.15. The lowest BCUT2D eigenvalue weighted by Gasteiger charge is -2.09. The van der Waals surface area contributed by atoms with Crippen molar-refractivity contribution in [3.63, 3.8) is 0 Å². The fourth-order valence-corrected chi connectivity index (χ4v) is 3.33. The summed E-state index contributed by atoms with van der Waals surface area (Å²) in [6.07, 6.45) is 0. The highest BCUT2D eigenvalue weighted by atomic mass is 32.2. The second-order valence-corrected chi connectivity index (χ2v) is 7.32. The number of anilines is 2. The number of hydrogen-bond donors (Lipinski definition) is 2. The molecule has 0 radical (unpaired) electrons. The van der Waals surface area contributed by atoms with Gasteiger partial charge in [0.05, 0.1) is 12.0 Å². The molecule has 140 valence electrons. The van der Waals surface area contributed by atoms with Gasteiger partial charge in [-0.1, -0.05) is 5.16 Å². The highest BCUT2D eigenvalue weighted by Crippen LogP contribution is 2.20. The molecular formula is C18H17N3O5S. The van der Waals surface area contributed by atoms with Crippen molar-refractivity contribution in [2.24, 2.45) is 0 Å². The van der Waals surface area contributed by atoms with Crippen LogP contribution in [0.4, 0.5) is 11.5 Å². The van der Waals surface area contributed by atoms with Crippen LogP contribution in [0.5, 0.6) is 5.75 Å². The molecule has 1 heterocycles. The molecular weight excluding hydrogens is 370 g/mol. The highest BCUT2D eigenvalue weighted by molar-refractivity contribution is 7.92. The summed E-state index contributed by atoms with van der Waals surface area (Å²) in [5.41, 5.74) is 0.693. The van der Waals surface area contributed by atoms with Crippen LogP contribution in [0, 0.1) is 6.92 Å². The summed E-state index contributed by atoms with van der Waals surface area (Å²) in [4.78, 5) is 12.2. The van der Waals surface area contributed by atoms with Crippen LogP contribution in [0.2, 0.25) is 0 Å². The van der Waals surface area contributed by atoms with E-state index in [1.165, 1.54) is 31.4 Å². The molecule has 0 aliphatic heterocycles. The van der Waals surface area contributed by atoms with E-state index in [1.54, 1.807) is 37.3 Å². The molecule has 1 amide bonds. The molecule has 0 aliphatic carbocycles. The van der Waals surface area contributed by atoms with Gasteiger partial charge in [0.2, 0.25) is 0 Å². The largest absolute Gasteiger partial charge is 0.497 e. The molecule has 0 bridgehead atoms. The van der Waals surface area contributed by atoms with Crippen LogP contribution >= 0.6 is 0 Å². The van der Waals surface area contributed by atoms with E-state index in [0.29, 0.717) is 22.8 Å². The van der Waals surface area contributed by atoms with Crippen molar-refractivity contribution in [2.45, 2.75) is 11.8 Å². The van der Waals surface area contributed by atoms with Gasteiger partial charge in [-0.05, 0) is 55.5 Å². The molecule has 27 heavy (non-hydrogen) atoms. The molecule has 0 saturated heterocycles. The molecule has 9 heteroatoms. The van der Waals surface area contributed by atoms with E-state index in [9.17, 15) is 13.2 Å². The molecule has 0 fully saturated rings. The number of sulfonamides is 1. The first-order chi connectivity index (χ1) is 12.9. The van der Waals surface area contributed by atoms with Crippen LogP contribution in [0.1, 0.15) is 16.1 Å². The number of nitrogens with zero attached hydrogens (tertiary/aromatic N) is 1. The zero-order valence-corrected chi connectivity index (χ0v) is 15.4. The van der Waals surface area contributed by atoms with E-state index in [4.69, 9.17) is 9.26 Å². The summed E-state index contributed by atoms with van der Waals surface area (Å²) in [5, 5.41) is 6.24. The third-order valence-electron chi connectivity index (χ3n) is 3.64. The number of benzene rings is 2. The lowest BCUT2D eigenvalue weighted by molar-refractivity contribution is 0.102. The number of rotatable bonds is 6. The third-order valence-corrected chi connectivity index (χ3v) is 5.04. The van der Waals surface area contributed by atoms with Gasteiger partial charge in [-0.15, -0.1) is 0 Å². The first kappa shape index (κ1) is 18.5. The molecule has 8 nitrogen and oxygen atoms in total. The smallest absolute Gasteiger partial charge is 0.261 e. The van der Waals surface area contributed by atoms with Crippen molar-refractivity contribution >= 4 is 27.4 Å². The van der Waals surface area contributed by atoms with E-state index in [2.05, 4.69) is 15.2 Å². The highest BCUT2D eigenvalue weighted by Gasteiger charge is 2.16. The second-order valence-electron chi connectivity index (χ2n) is 5.64. The summed E-state index contributed by atoms with van der Waals surface area (Å²) in [7, 11) is -2.25. The Kier molecular flexibility index (Phi) is 5.13. The zero-order chi connectivity index (χ0) is 19.4. The van der Waals surface area contributed by atoms with Crippen LogP contribution in [-0.4, -0.2) is 26.6 Å². The zero-order valence-electron chi connectivity index (χ0n) is 14.6. The minimum atomic E-state index is -3.78. The monoisotopic (exact) mass is 387 g/mol. The van der Waals surface area contributed by atoms with E-state index in [1.807, 2.05) is 0 Å². The van der Waals surface area contributed by atoms with Crippen LogP contribution in [-0.2, 0) is 10.0 Å². The SMILES string of the molecule is COc1ccc(NS(=O)(=O)c2ccc(C(=O)Nc3cc(C)on3)cc2)cc1. The minimum Gasteiger partial charge on any atom is -0.497 e. The van der Waals surface area contributed by atoms with Gasteiger partial charge in [0.15, 0.2) is 5.82 Å². The summed E-state index contributed by atoms with van der Waals surface area (Å²) in [6.45, 7) is 1.71. The Bertz CT molecular complexity index is 1040. The standard InChI is InChI=1S/C18H17N3O5S/c1-12-11-17(20-26-12)19-18(22)13-3-9-16(10-4-13)27(23,24)21-14-5-7-15(25-2)8-6-14/h3-11,21H,1-2H3,(H,19,20,22). The average molecular weight is 387 g/mol. The predicted molar refractivity (Wildman–Crippen MR) is 99.4 cm³/mol. The van der Waals surface area contributed by atoms with Crippen molar-refractivity contribution in [3.05, 3.63) is 65.9 Å². The topological polar surface area (TPSA) is 111 Å². The number of carbonyl (C=O) groups excluding carboxylic acids is 1. The van der Waals surface area contributed by atoms with Gasteiger partial charge in [-0.2, -0.15) is 0 Å². The number of aromatic nitrogens is 1. The van der Waals surface area contributed by atoms with Gasteiger partial charge in [-0.3, -0.25) is 9.52 Å². The minimum absolute atomic E-state index is 0.0344. The molecule has 0 atom stereocenters. The van der Waals surface area contributed by atoms with Gasteiger partial charge < -0.3 is 14.6 Å². The average Bonchev–Trinajstić information content (AvgIpc) is 3.07. The normalized spacial score (nSPS) is 11.0. The van der Waals surface area contributed by atoms with Crippen LogP contribution in [0.25, 0.3) is 0 Å². The van der Waals surface area contributed by atoms with Gasteiger partial charge in [0, 0.05) is 17.3 Å². The Balaban J connectivity index is 1.71. The van der Waals surface area contributed by atoms with E-state index in [0.717, 1.165) is 0 Å². The number of nitrogens with one attached hydrogen (secondary N) is 2. The van der Waals surface area contributed by atoms with E-state index in [-0.39, 0.29) is 10.7 Å². The Hall–Kier alpha value is -3.33. The fraction of sp³-hybridized carbons (Fsp3) is 0.111. The molecule has 2 N–H and O–H groups in total. The number of carbonyl (C=O) groups is 1. The van der Waals surface area contributed by atoms with Crippen molar-refractivity contribution in [3.8, 4) is 5.75 Å². The number of hydrogen-bond acceptors (Lipinski definition) is 6. The van der Waals surface area contributed by atoms with Gasteiger partial charge in [-0.25, -0.2) is 8.42 Å². The Labute approximate surface area is 156 Å². The Morgan fingerprint density at radius 1 is 1.07 bits per heavy atom. The first-order valence-corrected chi connectivity index (χ1v) is 9.37. The number of aryl methyl sites for hydroxylation is 1. The number of amides is 1. The first-order valence-electron chi connectivity index (χ1n) is 7.89. The molecule has 3 rings (SSSR count). The molecule has 0 saturated carbocycles. The van der Waals surface area contributed by atoms with E-state index < -0.39 is 15.9 Å². The number of ether oxygens (including phenoxy) is 1. The Morgan fingerprint density at radius 2 is 1.74 bits per heavy atom. The van der Waals surface area contributed by atoms with E-state index >= 15 is 0 Å². The van der Waals surface area contributed by atoms with Crippen molar-refractivity contribution in [1.29, 1.82) is 0 Å². The van der Waals surface area contributed by atoms with Gasteiger partial charge >= 0.3 is 0 Å². The number of methoxy groups -OCH3 is 1. The summed E-state index contributed by atoms with van der Waals surface area (Å²) < 4.78 is 37.3. The summed E-state index contributed by atoms with van der Waals surface area (Å²) in [5.74, 6) is 1.05. The van der Waals surface area contributed by atoms with Gasteiger partial charge in [0.25, 0.3) is 15.9 Å². The fourth-order valence-electron chi connectivity index (χ4n) is 2.27. The van der Waals surface area contributed by atoms with Crippen LogP contribution in [0.15, 0.2) is 64.0 Å². The molecule has 2 aromatic carbocycles. The van der Waals surface area contributed by atoms with Crippen molar-refractivity contribution in [1.82, 2.24) is 5.16 Å².